The first-order valence-electron chi connectivity index (χ1n) is 7.76. The number of nitrogens with one attached hydrogen (secondary N) is 2. The Morgan fingerprint density at radius 3 is 2.83 bits per heavy atom. The molecule has 0 amide bonds. The molecule has 24 heavy (non-hydrogen) atoms. The summed E-state index contributed by atoms with van der Waals surface area (Å²) in [6.45, 7) is 5.66. The summed E-state index contributed by atoms with van der Waals surface area (Å²) in [5.41, 5.74) is 1.13. The van der Waals surface area contributed by atoms with Crippen molar-refractivity contribution >= 4 is 41.3 Å². The lowest BCUT2D eigenvalue weighted by molar-refractivity contribution is 0.0677. The maximum absolute atomic E-state index is 10.5. The van der Waals surface area contributed by atoms with E-state index in [0.717, 1.165) is 25.1 Å². The summed E-state index contributed by atoms with van der Waals surface area (Å²) in [4.78, 5) is 4.51. The third-order valence-corrected chi connectivity index (χ3v) is 4.18. The molecule has 0 bridgehead atoms. The lowest BCUT2D eigenvalue weighted by Gasteiger charge is -2.21. The third kappa shape index (κ3) is 6.40. The average molecular weight is 463 g/mol. The van der Waals surface area contributed by atoms with E-state index >= 15 is 0 Å². The molecule has 1 atom stereocenters. The first kappa shape index (κ1) is 20.9. The molecule has 0 aliphatic carbocycles. The molecule has 2 rings (SSSR count). The fourth-order valence-corrected chi connectivity index (χ4v) is 2.95. The number of aromatic nitrogens is 2. The number of halogens is 1. The Hall–Kier alpha value is -1.13. The molecule has 134 valence electrons. The van der Waals surface area contributed by atoms with Gasteiger partial charge in [-0.2, -0.15) is 16.4 Å². The van der Waals surface area contributed by atoms with E-state index in [0.29, 0.717) is 12.5 Å². The predicted molar refractivity (Wildman–Crippen MR) is 110 cm³/mol. The first-order chi connectivity index (χ1) is 11.0. The molecule has 0 saturated carbocycles. The second kappa shape index (κ2) is 10.00. The van der Waals surface area contributed by atoms with Gasteiger partial charge in [0.2, 0.25) is 0 Å². The molecule has 0 aliphatic heterocycles. The van der Waals surface area contributed by atoms with Crippen molar-refractivity contribution < 1.29 is 5.11 Å². The van der Waals surface area contributed by atoms with Gasteiger partial charge in [0.05, 0.1) is 12.7 Å². The number of rotatable bonds is 7. The van der Waals surface area contributed by atoms with Crippen LogP contribution in [0.15, 0.2) is 34.2 Å². The number of thiophene rings is 1. The van der Waals surface area contributed by atoms with E-state index < -0.39 is 5.60 Å². The summed E-state index contributed by atoms with van der Waals surface area (Å²) < 4.78 is 1.80. The van der Waals surface area contributed by atoms with Crippen LogP contribution >= 0.6 is 35.3 Å². The Labute approximate surface area is 164 Å². The number of hydrogen-bond donors (Lipinski definition) is 3. The van der Waals surface area contributed by atoms with Crippen LogP contribution in [0.3, 0.4) is 0 Å². The van der Waals surface area contributed by atoms with Crippen molar-refractivity contribution in [1.29, 1.82) is 0 Å². The molecule has 0 saturated heterocycles. The fourth-order valence-electron chi connectivity index (χ4n) is 2.16. The topological polar surface area (TPSA) is 74.5 Å². The number of aryl methyl sites for hydroxylation is 1. The largest absolute Gasteiger partial charge is 0.383 e. The normalized spacial score (nSPS) is 13.9. The SMILES string of the molecule is CCNC(=NCC(C)(O)c1ccsc1)NCCc1cnn(C)c1.I. The molecule has 0 fully saturated rings. The molecule has 2 aromatic heterocycles. The summed E-state index contributed by atoms with van der Waals surface area (Å²) >= 11 is 1.58. The quantitative estimate of drug-likeness (QED) is 0.334. The van der Waals surface area contributed by atoms with Crippen molar-refractivity contribution in [2.75, 3.05) is 19.6 Å². The zero-order valence-corrected chi connectivity index (χ0v) is 17.5. The first-order valence-corrected chi connectivity index (χ1v) is 8.70. The minimum absolute atomic E-state index is 0. The summed E-state index contributed by atoms with van der Waals surface area (Å²) in [7, 11) is 1.91. The van der Waals surface area contributed by atoms with Crippen LogP contribution in [0.2, 0.25) is 0 Å². The van der Waals surface area contributed by atoms with Gasteiger partial charge in [0, 0.05) is 26.3 Å². The van der Waals surface area contributed by atoms with Gasteiger partial charge in [-0.3, -0.25) is 4.68 Å². The van der Waals surface area contributed by atoms with E-state index in [2.05, 4.69) is 20.7 Å². The van der Waals surface area contributed by atoms with Crippen molar-refractivity contribution in [2.24, 2.45) is 12.0 Å². The molecule has 0 aromatic carbocycles. The highest BCUT2D eigenvalue weighted by Gasteiger charge is 2.23. The maximum Gasteiger partial charge on any atom is 0.191 e. The standard InChI is InChI=1S/C16H25N5OS.HI/c1-4-17-15(18-7-5-13-9-20-21(3)10-13)19-12-16(2,22)14-6-8-23-11-14;/h6,8-11,22H,4-5,7,12H2,1-3H3,(H2,17,18,19);1H. The van der Waals surface area contributed by atoms with Crippen molar-refractivity contribution in [3.8, 4) is 0 Å². The maximum atomic E-state index is 10.5. The zero-order chi connectivity index (χ0) is 16.7. The van der Waals surface area contributed by atoms with Gasteiger partial charge < -0.3 is 15.7 Å². The second-order valence-corrected chi connectivity index (χ2v) is 6.46. The van der Waals surface area contributed by atoms with Crippen molar-refractivity contribution in [3.05, 3.63) is 40.3 Å². The molecule has 8 heteroatoms. The van der Waals surface area contributed by atoms with Gasteiger partial charge >= 0.3 is 0 Å². The van der Waals surface area contributed by atoms with Crippen LogP contribution in [-0.4, -0.2) is 40.5 Å². The van der Waals surface area contributed by atoms with Crippen LogP contribution in [0.1, 0.15) is 25.0 Å². The van der Waals surface area contributed by atoms with Gasteiger partial charge in [0.15, 0.2) is 5.96 Å². The number of aliphatic hydroxyl groups is 1. The fraction of sp³-hybridized carbons (Fsp3) is 0.500. The van der Waals surface area contributed by atoms with Gasteiger partial charge in [-0.15, -0.1) is 24.0 Å². The summed E-state index contributed by atoms with van der Waals surface area (Å²) in [5, 5.41) is 25.1. The highest BCUT2D eigenvalue weighted by atomic mass is 127. The lowest BCUT2D eigenvalue weighted by atomic mass is 10.00. The molecule has 6 nitrogen and oxygen atoms in total. The molecule has 2 aromatic rings. The lowest BCUT2D eigenvalue weighted by Crippen LogP contribution is -2.39. The van der Waals surface area contributed by atoms with Gasteiger partial charge in [-0.1, -0.05) is 0 Å². The van der Waals surface area contributed by atoms with E-state index in [1.807, 2.05) is 43.2 Å². The number of hydrogen-bond acceptors (Lipinski definition) is 4. The monoisotopic (exact) mass is 463 g/mol. The van der Waals surface area contributed by atoms with E-state index in [1.165, 1.54) is 5.56 Å². The Kier molecular flexibility index (Phi) is 8.71. The Balaban J connectivity index is 0.00000288. The zero-order valence-electron chi connectivity index (χ0n) is 14.3. The average Bonchev–Trinajstić information content (AvgIpc) is 3.17. The van der Waals surface area contributed by atoms with Crippen LogP contribution < -0.4 is 10.6 Å². The number of guanidine groups is 1. The Morgan fingerprint density at radius 2 is 2.25 bits per heavy atom. The summed E-state index contributed by atoms with van der Waals surface area (Å²) in [6.07, 6.45) is 4.75. The molecule has 2 heterocycles. The number of nitrogens with zero attached hydrogens (tertiary/aromatic N) is 3. The van der Waals surface area contributed by atoms with Crippen LogP contribution in [-0.2, 0) is 19.1 Å². The van der Waals surface area contributed by atoms with Crippen molar-refractivity contribution in [2.45, 2.75) is 25.9 Å². The molecule has 1 unspecified atom stereocenters. The molecular formula is C16H26IN5OS. The van der Waals surface area contributed by atoms with E-state index in [4.69, 9.17) is 0 Å². The summed E-state index contributed by atoms with van der Waals surface area (Å²) in [5.74, 6) is 0.715. The van der Waals surface area contributed by atoms with Crippen molar-refractivity contribution in [1.82, 2.24) is 20.4 Å². The molecule has 0 spiro atoms. The second-order valence-electron chi connectivity index (χ2n) is 5.68. The smallest absolute Gasteiger partial charge is 0.191 e. The van der Waals surface area contributed by atoms with Crippen LogP contribution in [0, 0.1) is 0 Å². The molecule has 3 N–H and O–H groups in total. The van der Waals surface area contributed by atoms with E-state index in [9.17, 15) is 5.11 Å². The van der Waals surface area contributed by atoms with E-state index in [-0.39, 0.29) is 24.0 Å². The summed E-state index contributed by atoms with van der Waals surface area (Å²) in [6, 6.07) is 1.93. The van der Waals surface area contributed by atoms with E-state index in [1.54, 1.807) is 22.9 Å². The van der Waals surface area contributed by atoms with Crippen molar-refractivity contribution in [3.63, 3.8) is 0 Å². The number of aliphatic imine (C=N–C) groups is 1. The van der Waals surface area contributed by atoms with Gasteiger partial charge in [-0.25, -0.2) is 4.99 Å². The van der Waals surface area contributed by atoms with Gasteiger partial charge in [-0.05, 0) is 48.2 Å². The highest BCUT2D eigenvalue weighted by Crippen LogP contribution is 2.23. The van der Waals surface area contributed by atoms with Crippen LogP contribution in [0.4, 0.5) is 0 Å². The molecular weight excluding hydrogens is 437 g/mol. The highest BCUT2D eigenvalue weighted by molar-refractivity contribution is 14.0. The predicted octanol–water partition coefficient (Wildman–Crippen LogP) is 2.10. The minimum atomic E-state index is -0.953. The molecule has 0 radical (unpaired) electrons. The molecule has 0 aliphatic rings. The third-order valence-electron chi connectivity index (χ3n) is 3.50. The van der Waals surface area contributed by atoms with Gasteiger partial charge in [0.25, 0.3) is 0 Å². The van der Waals surface area contributed by atoms with Crippen LogP contribution in [0.5, 0.6) is 0 Å². The Morgan fingerprint density at radius 1 is 1.46 bits per heavy atom. The Bertz CT molecular complexity index is 624. The minimum Gasteiger partial charge on any atom is -0.383 e. The van der Waals surface area contributed by atoms with Crippen LogP contribution in [0.25, 0.3) is 0 Å². The van der Waals surface area contributed by atoms with Gasteiger partial charge in [0.1, 0.15) is 5.60 Å².